The molecule has 0 bridgehead atoms. The van der Waals surface area contributed by atoms with Gasteiger partial charge >= 0.3 is 5.97 Å². The van der Waals surface area contributed by atoms with E-state index in [0.717, 1.165) is 44.6 Å². The number of carbonyl (C=O) groups excluding carboxylic acids is 1. The van der Waals surface area contributed by atoms with Crippen LogP contribution in [-0.2, 0) is 30.8 Å². The Kier molecular flexibility index (Phi) is 6.09. The van der Waals surface area contributed by atoms with Crippen LogP contribution in [-0.4, -0.2) is 33.8 Å². The molecule has 5 heteroatoms. The summed E-state index contributed by atoms with van der Waals surface area (Å²) in [7, 11) is 0. The highest BCUT2D eigenvalue weighted by molar-refractivity contribution is 5.89. The van der Waals surface area contributed by atoms with Crippen molar-refractivity contribution in [3.05, 3.63) is 52.8 Å². The number of hydrogen-bond donors (Lipinski definition) is 0. The Morgan fingerprint density at radius 3 is 2.73 bits per heavy atom. The van der Waals surface area contributed by atoms with E-state index in [-0.39, 0.29) is 5.97 Å². The van der Waals surface area contributed by atoms with E-state index in [1.165, 1.54) is 11.3 Å². The van der Waals surface area contributed by atoms with Crippen LogP contribution in [0, 0.1) is 5.92 Å². The standard InChI is InChI=1S/C21H29N3O2/c1-4-26-21(25)20-18-15-23(14-17-8-6-5-7-9-17)12-11-19(18)24(22-20)13-10-16(2)3/h5-9,16H,4,10-15H2,1-3H3. The molecular weight excluding hydrogens is 326 g/mol. The third-order valence-corrected chi connectivity index (χ3v) is 4.85. The van der Waals surface area contributed by atoms with Crippen molar-refractivity contribution in [1.82, 2.24) is 14.7 Å². The fraction of sp³-hybridized carbons (Fsp3) is 0.524. The molecular formula is C21H29N3O2. The van der Waals surface area contributed by atoms with Gasteiger partial charge in [-0.15, -0.1) is 0 Å². The molecule has 2 aromatic rings. The van der Waals surface area contributed by atoms with Crippen molar-refractivity contribution in [3.63, 3.8) is 0 Å². The number of aryl methyl sites for hydroxylation is 1. The van der Waals surface area contributed by atoms with E-state index < -0.39 is 0 Å². The van der Waals surface area contributed by atoms with E-state index in [2.05, 4.69) is 48.1 Å². The van der Waals surface area contributed by atoms with E-state index in [4.69, 9.17) is 4.74 Å². The smallest absolute Gasteiger partial charge is 0.359 e. The Bertz CT molecular complexity index is 737. The quantitative estimate of drug-likeness (QED) is 0.711. The maximum Gasteiger partial charge on any atom is 0.359 e. The number of rotatable bonds is 7. The Balaban J connectivity index is 1.82. The van der Waals surface area contributed by atoms with E-state index in [0.29, 0.717) is 18.2 Å². The average Bonchev–Trinajstić information content (AvgIpc) is 2.99. The van der Waals surface area contributed by atoms with Crippen molar-refractivity contribution < 1.29 is 9.53 Å². The summed E-state index contributed by atoms with van der Waals surface area (Å²) >= 11 is 0. The minimum absolute atomic E-state index is 0.298. The molecule has 0 unspecified atom stereocenters. The molecule has 140 valence electrons. The number of aromatic nitrogens is 2. The number of esters is 1. The van der Waals surface area contributed by atoms with Crippen molar-refractivity contribution in [2.75, 3.05) is 13.2 Å². The molecule has 0 N–H and O–H groups in total. The molecule has 0 atom stereocenters. The van der Waals surface area contributed by atoms with Crippen molar-refractivity contribution in [3.8, 4) is 0 Å². The third-order valence-electron chi connectivity index (χ3n) is 4.85. The lowest BCUT2D eigenvalue weighted by Crippen LogP contribution is -2.31. The van der Waals surface area contributed by atoms with Crippen molar-refractivity contribution in [1.29, 1.82) is 0 Å². The predicted octanol–water partition coefficient (Wildman–Crippen LogP) is 3.66. The summed E-state index contributed by atoms with van der Waals surface area (Å²) in [6.07, 6.45) is 1.98. The largest absolute Gasteiger partial charge is 0.461 e. The molecule has 1 aliphatic rings. The lowest BCUT2D eigenvalue weighted by Gasteiger charge is -2.27. The Labute approximate surface area is 156 Å². The second-order valence-corrected chi connectivity index (χ2v) is 7.35. The summed E-state index contributed by atoms with van der Waals surface area (Å²) in [5.74, 6) is 0.313. The first-order chi connectivity index (χ1) is 12.6. The van der Waals surface area contributed by atoms with Gasteiger partial charge in [0, 0.05) is 43.9 Å². The summed E-state index contributed by atoms with van der Waals surface area (Å²) in [5.41, 5.74) is 4.05. The molecule has 2 heterocycles. The van der Waals surface area contributed by atoms with Crippen LogP contribution in [0.15, 0.2) is 30.3 Å². The highest BCUT2D eigenvalue weighted by Gasteiger charge is 2.28. The van der Waals surface area contributed by atoms with Gasteiger partial charge in [0.2, 0.25) is 0 Å². The normalized spacial score (nSPS) is 14.5. The number of ether oxygens (including phenoxy) is 1. The number of nitrogens with zero attached hydrogens (tertiary/aromatic N) is 3. The van der Waals surface area contributed by atoms with E-state index in [1.54, 1.807) is 0 Å². The van der Waals surface area contributed by atoms with Gasteiger partial charge in [0.1, 0.15) is 0 Å². The molecule has 0 spiro atoms. The first-order valence-electron chi connectivity index (χ1n) is 9.60. The molecule has 1 aromatic carbocycles. The molecule has 0 fully saturated rings. The number of benzene rings is 1. The second kappa shape index (κ2) is 8.49. The summed E-state index contributed by atoms with van der Waals surface area (Å²) < 4.78 is 7.30. The number of fused-ring (bicyclic) bond motifs is 1. The van der Waals surface area contributed by atoms with Gasteiger partial charge in [-0.2, -0.15) is 5.10 Å². The van der Waals surface area contributed by atoms with Crippen LogP contribution in [0.2, 0.25) is 0 Å². The molecule has 0 saturated carbocycles. The number of hydrogen-bond acceptors (Lipinski definition) is 4. The van der Waals surface area contributed by atoms with Gasteiger partial charge in [0.05, 0.1) is 6.61 Å². The molecule has 0 amide bonds. The van der Waals surface area contributed by atoms with Crippen molar-refractivity contribution in [2.24, 2.45) is 5.92 Å². The van der Waals surface area contributed by atoms with Crippen LogP contribution >= 0.6 is 0 Å². The Morgan fingerprint density at radius 1 is 1.27 bits per heavy atom. The summed E-state index contributed by atoms with van der Waals surface area (Å²) in [6, 6.07) is 10.5. The maximum atomic E-state index is 12.4. The molecule has 5 nitrogen and oxygen atoms in total. The fourth-order valence-electron chi connectivity index (χ4n) is 3.45. The van der Waals surface area contributed by atoms with Crippen LogP contribution in [0.1, 0.15) is 54.5 Å². The zero-order valence-electron chi connectivity index (χ0n) is 16.1. The van der Waals surface area contributed by atoms with E-state index >= 15 is 0 Å². The third kappa shape index (κ3) is 4.33. The molecule has 1 aliphatic heterocycles. The van der Waals surface area contributed by atoms with Gasteiger partial charge in [0.25, 0.3) is 0 Å². The van der Waals surface area contributed by atoms with Gasteiger partial charge in [-0.1, -0.05) is 44.2 Å². The summed E-state index contributed by atoms with van der Waals surface area (Å²) in [5, 5.41) is 4.64. The molecule has 0 saturated heterocycles. The van der Waals surface area contributed by atoms with Gasteiger partial charge in [-0.05, 0) is 24.8 Å². The topological polar surface area (TPSA) is 47.4 Å². The lowest BCUT2D eigenvalue weighted by atomic mass is 10.0. The molecule has 26 heavy (non-hydrogen) atoms. The van der Waals surface area contributed by atoms with Crippen LogP contribution in [0.25, 0.3) is 0 Å². The Morgan fingerprint density at radius 2 is 2.04 bits per heavy atom. The first-order valence-corrected chi connectivity index (χ1v) is 9.60. The van der Waals surface area contributed by atoms with Crippen molar-refractivity contribution in [2.45, 2.75) is 53.2 Å². The van der Waals surface area contributed by atoms with Gasteiger partial charge < -0.3 is 4.74 Å². The van der Waals surface area contributed by atoms with Crippen LogP contribution in [0.3, 0.4) is 0 Å². The Hall–Kier alpha value is -2.14. The fourth-order valence-corrected chi connectivity index (χ4v) is 3.45. The summed E-state index contributed by atoms with van der Waals surface area (Å²) in [4.78, 5) is 14.8. The molecule has 0 aliphatic carbocycles. The predicted molar refractivity (Wildman–Crippen MR) is 102 cm³/mol. The summed E-state index contributed by atoms with van der Waals surface area (Å²) in [6.45, 7) is 10.1. The highest BCUT2D eigenvalue weighted by Crippen LogP contribution is 2.25. The van der Waals surface area contributed by atoms with Crippen LogP contribution in [0.5, 0.6) is 0 Å². The minimum atomic E-state index is -0.298. The molecule has 0 radical (unpaired) electrons. The molecule has 3 rings (SSSR count). The van der Waals surface area contributed by atoms with Gasteiger partial charge in [-0.3, -0.25) is 9.58 Å². The highest BCUT2D eigenvalue weighted by atomic mass is 16.5. The second-order valence-electron chi connectivity index (χ2n) is 7.35. The van der Waals surface area contributed by atoms with Gasteiger partial charge in [0.15, 0.2) is 5.69 Å². The average molecular weight is 355 g/mol. The zero-order valence-corrected chi connectivity index (χ0v) is 16.1. The molecule has 1 aromatic heterocycles. The first kappa shape index (κ1) is 18.6. The van der Waals surface area contributed by atoms with E-state index in [9.17, 15) is 4.79 Å². The maximum absolute atomic E-state index is 12.4. The lowest BCUT2D eigenvalue weighted by molar-refractivity contribution is 0.0515. The SMILES string of the molecule is CCOC(=O)c1nn(CCC(C)C)c2c1CN(Cc1ccccc1)CC2. The minimum Gasteiger partial charge on any atom is -0.461 e. The van der Waals surface area contributed by atoms with Crippen molar-refractivity contribution >= 4 is 5.97 Å². The van der Waals surface area contributed by atoms with Crippen LogP contribution in [0.4, 0.5) is 0 Å². The van der Waals surface area contributed by atoms with Gasteiger partial charge in [-0.25, -0.2) is 4.79 Å². The monoisotopic (exact) mass is 355 g/mol. The van der Waals surface area contributed by atoms with E-state index in [1.807, 2.05) is 17.7 Å². The zero-order chi connectivity index (χ0) is 18.5. The van der Waals surface area contributed by atoms with Crippen LogP contribution < -0.4 is 0 Å². The number of carbonyl (C=O) groups is 1.